The van der Waals surface area contributed by atoms with E-state index in [1.54, 1.807) is 0 Å². The van der Waals surface area contributed by atoms with Crippen molar-refractivity contribution in [3.05, 3.63) is 53.3 Å². The molecule has 0 saturated carbocycles. The molecule has 0 radical (unpaired) electrons. The van der Waals surface area contributed by atoms with Gasteiger partial charge in [0, 0.05) is 43.3 Å². The Morgan fingerprint density at radius 2 is 1.81 bits per heavy atom. The zero-order valence-electron chi connectivity index (χ0n) is 15.3. The molecule has 138 valence electrons. The van der Waals surface area contributed by atoms with Crippen LogP contribution in [0, 0.1) is 0 Å². The molecular weight excluding hydrogens is 338 g/mol. The van der Waals surface area contributed by atoms with E-state index in [-0.39, 0.29) is 5.91 Å². The van der Waals surface area contributed by atoms with Gasteiger partial charge in [0.1, 0.15) is 0 Å². The minimum absolute atomic E-state index is 0.101. The summed E-state index contributed by atoms with van der Waals surface area (Å²) in [5.74, 6) is 1.05. The fourth-order valence-electron chi connectivity index (χ4n) is 4.19. The van der Waals surface area contributed by atoms with Crippen LogP contribution in [-0.4, -0.2) is 52.2 Å². The Balaban J connectivity index is 1.29. The summed E-state index contributed by atoms with van der Waals surface area (Å²) in [7, 11) is 0. The molecule has 6 heteroatoms. The third-order valence-corrected chi connectivity index (χ3v) is 5.77. The minimum atomic E-state index is 0.101. The van der Waals surface area contributed by atoms with Crippen LogP contribution >= 0.6 is 0 Å². The maximum absolute atomic E-state index is 13.0. The predicted octanol–water partition coefficient (Wildman–Crippen LogP) is 2.80. The highest BCUT2D eigenvalue weighted by Crippen LogP contribution is 2.24. The summed E-state index contributed by atoms with van der Waals surface area (Å²) in [4.78, 5) is 20.4. The lowest BCUT2D eigenvalue weighted by atomic mass is 9.97. The van der Waals surface area contributed by atoms with Gasteiger partial charge in [-0.1, -0.05) is 18.2 Å². The highest BCUT2D eigenvalue weighted by molar-refractivity contribution is 6.06. The summed E-state index contributed by atoms with van der Waals surface area (Å²) >= 11 is 0. The van der Waals surface area contributed by atoms with Crippen molar-refractivity contribution in [1.82, 2.24) is 20.1 Å². The van der Waals surface area contributed by atoms with Crippen LogP contribution in [0.25, 0.3) is 10.9 Å². The van der Waals surface area contributed by atoms with Crippen molar-refractivity contribution in [2.75, 3.05) is 31.1 Å². The number of aromatic nitrogens is 3. The van der Waals surface area contributed by atoms with Crippen LogP contribution in [0.4, 0.5) is 5.82 Å². The Labute approximate surface area is 158 Å². The minimum Gasteiger partial charge on any atom is -0.360 e. The normalized spacial score (nSPS) is 17.2. The first kappa shape index (κ1) is 16.3. The molecule has 1 aromatic carbocycles. The van der Waals surface area contributed by atoms with Crippen molar-refractivity contribution in [3.63, 3.8) is 0 Å². The molecule has 0 bridgehead atoms. The third kappa shape index (κ3) is 2.95. The summed E-state index contributed by atoms with van der Waals surface area (Å²) in [5, 5.41) is 9.88. The molecule has 3 heterocycles. The molecule has 2 aromatic heterocycles. The number of anilines is 1. The maximum Gasteiger partial charge on any atom is 0.256 e. The molecule has 1 aliphatic heterocycles. The van der Waals surface area contributed by atoms with Gasteiger partial charge < -0.3 is 14.8 Å². The number of hydrogen-bond acceptors (Lipinski definition) is 4. The molecule has 3 aromatic rings. The van der Waals surface area contributed by atoms with E-state index >= 15 is 0 Å². The lowest BCUT2D eigenvalue weighted by Crippen LogP contribution is -2.49. The number of aromatic amines is 1. The van der Waals surface area contributed by atoms with Gasteiger partial charge in [0.15, 0.2) is 5.82 Å². The summed E-state index contributed by atoms with van der Waals surface area (Å²) in [6.45, 7) is 3.00. The number of benzene rings is 1. The fourth-order valence-corrected chi connectivity index (χ4v) is 4.19. The van der Waals surface area contributed by atoms with Crippen molar-refractivity contribution in [2.24, 2.45) is 0 Å². The van der Waals surface area contributed by atoms with Crippen molar-refractivity contribution >= 4 is 22.6 Å². The number of carbonyl (C=O) groups excluding carboxylic acids is 1. The van der Waals surface area contributed by atoms with Gasteiger partial charge in [-0.25, -0.2) is 0 Å². The number of piperazine rings is 1. The molecule has 0 spiro atoms. The van der Waals surface area contributed by atoms with E-state index in [0.29, 0.717) is 13.1 Å². The number of hydrogen-bond donors (Lipinski definition) is 1. The van der Waals surface area contributed by atoms with Gasteiger partial charge in [-0.2, -0.15) is 5.10 Å². The molecule has 0 unspecified atom stereocenters. The topological polar surface area (TPSA) is 65.1 Å². The van der Waals surface area contributed by atoms with Crippen LogP contribution in [0.5, 0.6) is 0 Å². The molecule has 0 atom stereocenters. The standard InChI is InChI=1S/C21H23N5O/c27-21(17-14-22-19-8-4-2-6-16(17)19)26-11-9-25(10-12-26)20-13-15-5-1-3-7-18(15)23-24-20/h2,4,6,8,13-14,22H,1,3,5,7,9-12H2. The van der Waals surface area contributed by atoms with E-state index < -0.39 is 0 Å². The van der Waals surface area contributed by atoms with E-state index in [4.69, 9.17) is 0 Å². The number of rotatable bonds is 2. The Hall–Kier alpha value is -2.89. The summed E-state index contributed by atoms with van der Waals surface area (Å²) in [6, 6.07) is 10.2. The zero-order chi connectivity index (χ0) is 18.2. The Kier molecular flexibility index (Phi) is 4.03. The molecule has 1 fully saturated rings. The van der Waals surface area contributed by atoms with Gasteiger partial charge in [0.05, 0.1) is 11.3 Å². The van der Waals surface area contributed by atoms with Gasteiger partial charge in [-0.15, -0.1) is 5.10 Å². The summed E-state index contributed by atoms with van der Waals surface area (Å²) in [6.07, 6.45) is 6.45. The first-order chi connectivity index (χ1) is 13.3. The highest BCUT2D eigenvalue weighted by Gasteiger charge is 2.25. The van der Waals surface area contributed by atoms with Crippen molar-refractivity contribution in [1.29, 1.82) is 0 Å². The lowest BCUT2D eigenvalue weighted by Gasteiger charge is -2.35. The zero-order valence-corrected chi connectivity index (χ0v) is 15.3. The van der Waals surface area contributed by atoms with Crippen LogP contribution < -0.4 is 4.90 Å². The smallest absolute Gasteiger partial charge is 0.256 e. The number of nitrogens with zero attached hydrogens (tertiary/aromatic N) is 4. The highest BCUT2D eigenvalue weighted by atomic mass is 16.2. The molecule has 6 nitrogen and oxygen atoms in total. The van der Waals surface area contributed by atoms with Gasteiger partial charge in [0.25, 0.3) is 5.91 Å². The van der Waals surface area contributed by atoms with E-state index in [2.05, 4.69) is 26.1 Å². The number of para-hydroxylation sites is 1. The lowest BCUT2D eigenvalue weighted by molar-refractivity contribution is 0.0748. The van der Waals surface area contributed by atoms with Gasteiger partial charge in [0.2, 0.25) is 0 Å². The van der Waals surface area contributed by atoms with Crippen LogP contribution in [-0.2, 0) is 12.8 Å². The molecule has 1 N–H and O–H groups in total. The Bertz CT molecular complexity index is 987. The second kappa shape index (κ2) is 6.68. The van der Waals surface area contributed by atoms with E-state index in [0.717, 1.165) is 53.9 Å². The Morgan fingerprint density at radius 1 is 1.00 bits per heavy atom. The second-order valence-electron chi connectivity index (χ2n) is 7.41. The largest absolute Gasteiger partial charge is 0.360 e. The quantitative estimate of drug-likeness (QED) is 0.762. The maximum atomic E-state index is 13.0. The monoisotopic (exact) mass is 361 g/mol. The molecule has 1 aliphatic carbocycles. The summed E-state index contributed by atoms with van der Waals surface area (Å²) < 4.78 is 0. The van der Waals surface area contributed by atoms with Gasteiger partial charge in [-0.3, -0.25) is 4.79 Å². The van der Waals surface area contributed by atoms with Crippen molar-refractivity contribution < 1.29 is 4.79 Å². The number of fused-ring (bicyclic) bond motifs is 2. The van der Waals surface area contributed by atoms with Crippen LogP contribution in [0.3, 0.4) is 0 Å². The number of carbonyl (C=O) groups is 1. The number of amides is 1. The molecule has 27 heavy (non-hydrogen) atoms. The SMILES string of the molecule is O=C(c1c[nH]c2ccccc12)N1CCN(c2cc3c(nn2)CCCC3)CC1. The van der Waals surface area contributed by atoms with Crippen molar-refractivity contribution in [3.8, 4) is 0 Å². The van der Waals surface area contributed by atoms with Crippen LogP contribution in [0.2, 0.25) is 0 Å². The number of H-pyrrole nitrogens is 1. The number of aryl methyl sites for hydroxylation is 2. The second-order valence-corrected chi connectivity index (χ2v) is 7.41. The molecule has 5 rings (SSSR count). The van der Waals surface area contributed by atoms with Crippen LogP contribution in [0.1, 0.15) is 34.5 Å². The average Bonchev–Trinajstić information content (AvgIpc) is 3.17. The average molecular weight is 361 g/mol. The molecule has 2 aliphatic rings. The van der Waals surface area contributed by atoms with E-state index in [1.807, 2.05) is 35.4 Å². The predicted molar refractivity (Wildman–Crippen MR) is 105 cm³/mol. The van der Waals surface area contributed by atoms with Gasteiger partial charge >= 0.3 is 0 Å². The summed E-state index contributed by atoms with van der Waals surface area (Å²) in [5.41, 5.74) is 4.28. The number of nitrogens with one attached hydrogen (secondary N) is 1. The first-order valence-electron chi connectivity index (χ1n) is 9.75. The fraction of sp³-hybridized carbons (Fsp3) is 0.381. The molecular formula is C21H23N5O. The third-order valence-electron chi connectivity index (χ3n) is 5.77. The Morgan fingerprint density at radius 3 is 2.70 bits per heavy atom. The van der Waals surface area contributed by atoms with Crippen molar-refractivity contribution in [2.45, 2.75) is 25.7 Å². The first-order valence-corrected chi connectivity index (χ1v) is 9.75. The molecule has 1 saturated heterocycles. The van der Waals surface area contributed by atoms with E-state index in [9.17, 15) is 4.79 Å². The van der Waals surface area contributed by atoms with Gasteiger partial charge in [-0.05, 0) is 43.4 Å². The molecule has 1 amide bonds. The van der Waals surface area contributed by atoms with E-state index in [1.165, 1.54) is 18.4 Å². The van der Waals surface area contributed by atoms with Crippen LogP contribution in [0.15, 0.2) is 36.5 Å².